The Kier molecular flexibility index (Phi) is 4.45. The summed E-state index contributed by atoms with van der Waals surface area (Å²) in [5, 5.41) is 0. The Morgan fingerprint density at radius 2 is 2.00 bits per heavy atom. The summed E-state index contributed by atoms with van der Waals surface area (Å²) in [7, 11) is 0. The van der Waals surface area contributed by atoms with Gasteiger partial charge in [-0.15, -0.1) is 0 Å². The van der Waals surface area contributed by atoms with Crippen molar-refractivity contribution < 1.29 is 23.9 Å². The Morgan fingerprint density at radius 1 is 1.39 bits per heavy atom. The minimum Gasteiger partial charge on any atom is -0.459 e. The molecule has 0 bridgehead atoms. The van der Waals surface area contributed by atoms with Gasteiger partial charge in [0.25, 0.3) is 0 Å². The third-order valence-corrected chi connectivity index (χ3v) is 2.22. The lowest BCUT2D eigenvalue weighted by Crippen LogP contribution is -2.56. The van der Waals surface area contributed by atoms with Gasteiger partial charge in [0.05, 0.1) is 6.42 Å². The van der Waals surface area contributed by atoms with Crippen LogP contribution in [0.25, 0.3) is 0 Å². The Balaban J connectivity index is 2.42. The minimum atomic E-state index is -0.583. The van der Waals surface area contributed by atoms with Crippen molar-refractivity contribution in [1.29, 1.82) is 0 Å². The van der Waals surface area contributed by atoms with E-state index in [0.29, 0.717) is 0 Å². The van der Waals surface area contributed by atoms with Gasteiger partial charge in [0, 0.05) is 0 Å². The normalized spacial score (nSPS) is 19.4. The maximum Gasteiger partial charge on any atom is 0.326 e. The number of carbonyl (C=O) groups excluding carboxylic acids is 3. The van der Waals surface area contributed by atoms with E-state index < -0.39 is 17.8 Å². The highest BCUT2D eigenvalue weighted by molar-refractivity contribution is 5.87. The molecule has 1 heterocycles. The minimum absolute atomic E-state index is 0.0528. The molecule has 0 radical (unpaired) electrons. The molecule has 6 heteroatoms. The summed E-state index contributed by atoms with van der Waals surface area (Å²) in [6, 6.07) is 0. The highest BCUT2D eigenvalue weighted by Crippen LogP contribution is 2.20. The van der Waals surface area contributed by atoms with Gasteiger partial charge in [-0.3, -0.25) is 14.4 Å². The summed E-state index contributed by atoms with van der Waals surface area (Å²) in [6.45, 7) is 6.48. The van der Waals surface area contributed by atoms with Gasteiger partial charge in [0.15, 0.2) is 5.78 Å². The maximum atomic E-state index is 11.6. The van der Waals surface area contributed by atoms with E-state index in [1.165, 1.54) is 11.8 Å². The number of esters is 1. The molecular weight excluding hydrogens is 238 g/mol. The molecule has 1 aliphatic heterocycles. The fourth-order valence-electron chi connectivity index (χ4n) is 1.49. The van der Waals surface area contributed by atoms with E-state index in [9.17, 15) is 14.4 Å². The molecule has 0 aromatic rings. The molecule has 1 rings (SSSR count). The molecule has 0 spiro atoms. The van der Waals surface area contributed by atoms with E-state index in [1.54, 1.807) is 20.8 Å². The van der Waals surface area contributed by atoms with Crippen LogP contribution in [0.1, 0.15) is 34.1 Å². The average Bonchev–Trinajstić information content (AvgIpc) is 2.18. The topological polar surface area (TPSA) is 72.9 Å². The van der Waals surface area contributed by atoms with Crippen molar-refractivity contribution in [1.82, 2.24) is 4.90 Å². The number of Topliss-reactive ketones (excluding diaryl/α,β-unsaturated/α-hetero) is 1. The Bertz CT molecular complexity index is 358. The summed E-state index contributed by atoms with van der Waals surface area (Å²) in [5.41, 5.74) is -0.583. The first-order valence-electron chi connectivity index (χ1n) is 5.81. The molecule has 18 heavy (non-hydrogen) atoms. The van der Waals surface area contributed by atoms with E-state index in [2.05, 4.69) is 0 Å². The standard InChI is InChI=1S/C12H19NO5/c1-8(14)7-17-10-5-9(15)13(10)6-11(16)18-12(2,3)4/h10H,5-7H2,1-4H3. The molecule has 1 unspecified atom stereocenters. The number of ketones is 1. The van der Waals surface area contributed by atoms with Crippen molar-refractivity contribution in [3.8, 4) is 0 Å². The van der Waals surface area contributed by atoms with Crippen LogP contribution in [0.5, 0.6) is 0 Å². The predicted octanol–water partition coefficient (Wildman–Crippen LogP) is 0.492. The molecule has 6 nitrogen and oxygen atoms in total. The highest BCUT2D eigenvalue weighted by Gasteiger charge is 2.39. The van der Waals surface area contributed by atoms with Crippen LogP contribution in [0.2, 0.25) is 0 Å². The second-order valence-electron chi connectivity index (χ2n) is 5.28. The fraction of sp³-hybridized carbons (Fsp3) is 0.750. The van der Waals surface area contributed by atoms with E-state index >= 15 is 0 Å². The number of carbonyl (C=O) groups is 3. The van der Waals surface area contributed by atoms with Crippen molar-refractivity contribution >= 4 is 17.7 Å². The second-order valence-corrected chi connectivity index (χ2v) is 5.28. The maximum absolute atomic E-state index is 11.6. The number of likely N-dealkylation sites (tertiary alicyclic amines) is 1. The van der Waals surface area contributed by atoms with Gasteiger partial charge in [-0.1, -0.05) is 0 Å². The van der Waals surface area contributed by atoms with Crippen molar-refractivity contribution in [2.75, 3.05) is 13.2 Å². The molecule has 1 amide bonds. The summed E-state index contributed by atoms with van der Waals surface area (Å²) >= 11 is 0. The van der Waals surface area contributed by atoms with Crippen molar-refractivity contribution in [2.45, 2.75) is 45.9 Å². The fourth-order valence-corrected chi connectivity index (χ4v) is 1.49. The first kappa shape index (κ1) is 14.6. The van der Waals surface area contributed by atoms with Crippen molar-refractivity contribution in [3.05, 3.63) is 0 Å². The molecule has 1 aliphatic rings. The van der Waals surface area contributed by atoms with Gasteiger partial charge < -0.3 is 14.4 Å². The van der Waals surface area contributed by atoms with Crippen LogP contribution in [-0.2, 0) is 23.9 Å². The molecule has 1 saturated heterocycles. The lowest BCUT2D eigenvalue weighted by Gasteiger charge is -2.39. The molecule has 0 aromatic carbocycles. The van der Waals surface area contributed by atoms with Crippen LogP contribution >= 0.6 is 0 Å². The first-order chi connectivity index (χ1) is 8.19. The average molecular weight is 257 g/mol. The van der Waals surface area contributed by atoms with Gasteiger partial charge in [0.2, 0.25) is 5.91 Å². The zero-order chi connectivity index (χ0) is 13.9. The molecule has 0 aromatic heterocycles. The summed E-state index contributed by atoms with van der Waals surface area (Å²) in [4.78, 5) is 34.9. The SMILES string of the molecule is CC(=O)COC1CC(=O)N1CC(=O)OC(C)(C)C. The van der Waals surface area contributed by atoms with Crippen molar-refractivity contribution in [2.24, 2.45) is 0 Å². The van der Waals surface area contributed by atoms with E-state index in [1.807, 2.05) is 0 Å². The number of hydrogen-bond acceptors (Lipinski definition) is 5. The number of hydrogen-bond donors (Lipinski definition) is 0. The molecule has 102 valence electrons. The first-order valence-corrected chi connectivity index (χ1v) is 5.81. The highest BCUT2D eigenvalue weighted by atomic mass is 16.6. The summed E-state index contributed by atoms with van der Waals surface area (Å²) in [6.07, 6.45) is -0.287. The number of amides is 1. The van der Waals surface area contributed by atoms with E-state index in [0.717, 1.165) is 0 Å². The largest absolute Gasteiger partial charge is 0.459 e. The quantitative estimate of drug-likeness (QED) is 0.529. The van der Waals surface area contributed by atoms with Crippen LogP contribution in [0.4, 0.5) is 0 Å². The molecule has 0 saturated carbocycles. The van der Waals surface area contributed by atoms with E-state index in [4.69, 9.17) is 9.47 Å². The van der Waals surface area contributed by atoms with Gasteiger partial charge in [-0.2, -0.15) is 0 Å². The second kappa shape index (κ2) is 5.48. The van der Waals surface area contributed by atoms with Crippen LogP contribution in [0.15, 0.2) is 0 Å². The summed E-state index contributed by atoms with van der Waals surface area (Å²) in [5.74, 6) is -0.770. The molecule has 0 N–H and O–H groups in total. The van der Waals surface area contributed by atoms with Crippen molar-refractivity contribution in [3.63, 3.8) is 0 Å². The Morgan fingerprint density at radius 3 is 2.44 bits per heavy atom. The van der Waals surface area contributed by atoms with Gasteiger partial charge in [-0.25, -0.2) is 0 Å². The monoisotopic (exact) mass is 257 g/mol. The van der Waals surface area contributed by atoms with Gasteiger partial charge in [0.1, 0.15) is 25.0 Å². The van der Waals surface area contributed by atoms with Crippen LogP contribution < -0.4 is 0 Å². The number of β-lactam (4-membered cyclic amide) rings is 1. The number of nitrogens with zero attached hydrogens (tertiary/aromatic N) is 1. The zero-order valence-electron chi connectivity index (χ0n) is 11.2. The van der Waals surface area contributed by atoms with Crippen LogP contribution in [0, 0.1) is 0 Å². The summed E-state index contributed by atoms with van der Waals surface area (Å²) < 4.78 is 10.3. The predicted molar refractivity (Wildman–Crippen MR) is 62.6 cm³/mol. The van der Waals surface area contributed by atoms with Crippen LogP contribution in [-0.4, -0.2) is 47.5 Å². The number of ether oxygens (including phenoxy) is 2. The molecule has 0 aliphatic carbocycles. The lowest BCUT2D eigenvalue weighted by atomic mass is 10.1. The molecule has 1 fully saturated rings. The van der Waals surface area contributed by atoms with Gasteiger partial charge >= 0.3 is 5.97 Å². The smallest absolute Gasteiger partial charge is 0.326 e. The Labute approximate surface area is 106 Å². The van der Waals surface area contributed by atoms with E-state index in [-0.39, 0.29) is 31.3 Å². The number of rotatable bonds is 5. The molecule has 1 atom stereocenters. The van der Waals surface area contributed by atoms with Gasteiger partial charge in [-0.05, 0) is 27.7 Å². The molecular formula is C12H19NO5. The third kappa shape index (κ3) is 4.44. The zero-order valence-corrected chi connectivity index (χ0v) is 11.2. The van der Waals surface area contributed by atoms with Crippen LogP contribution in [0.3, 0.4) is 0 Å². The lowest BCUT2D eigenvalue weighted by molar-refractivity contribution is -0.184. The third-order valence-electron chi connectivity index (χ3n) is 2.22. The Hall–Kier alpha value is -1.43.